The topological polar surface area (TPSA) is 74.8 Å². The molecule has 0 bridgehead atoms. The van der Waals surface area contributed by atoms with E-state index >= 15 is 0 Å². The summed E-state index contributed by atoms with van der Waals surface area (Å²) in [6.07, 6.45) is 0. The smallest absolute Gasteiger partial charge is 0.274 e. The Kier molecular flexibility index (Phi) is 4.61. The molecule has 2 amide bonds. The molecular formula is C23H16ClFN2O4S. The Morgan fingerprint density at radius 2 is 1.59 bits per heavy atom. The van der Waals surface area contributed by atoms with Gasteiger partial charge in [0.05, 0.1) is 12.2 Å². The number of fused-ring (bicyclic) bond motifs is 2. The van der Waals surface area contributed by atoms with Crippen molar-refractivity contribution in [1.82, 2.24) is 0 Å². The summed E-state index contributed by atoms with van der Waals surface area (Å²) >= 11 is 5.96. The van der Waals surface area contributed by atoms with E-state index in [0.717, 1.165) is 22.6 Å². The molecule has 2 heterocycles. The van der Waals surface area contributed by atoms with Crippen molar-refractivity contribution in [2.45, 2.75) is 11.4 Å². The lowest BCUT2D eigenvalue weighted by atomic mass is 10.0. The van der Waals surface area contributed by atoms with Crippen molar-refractivity contribution in [2.75, 3.05) is 15.6 Å². The molecule has 162 valence electrons. The average Bonchev–Trinajstić information content (AvgIpc) is 3.13. The Morgan fingerprint density at radius 3 is 2.28 bits per heavy atom. The average molecular weight is 471 g/mol. The molecule has 32 heavy (non-hydrogen) atoms. The molecule has 5 rings (SSSR count). The number of hydrogen-bond acceptors (Lipinski definition) is 4. The van der Waals surface area contributed by atoms with Crippen molar-refractivity contribution < 1.29 is 22.4 Å². The highest BCUT2D eigenvalue weighted by Gasteiger charge is 2.69. The summed E-state index contributed by atoms with van der Waals surface area (Å²) in [4.78, 5) is 27.0. The molecule has 0 aliphatic carbocycles. The molecule has 3 aromatic carbocycles. The van der Waals surface area contributed by atoms with E-state index in [9.17, 15) is 22.4 Å². The fourth-order valence-electron chi connectivity index (χ4n) is 4.41. The van der Waals surface area contributed by atoms with E-state index in [1.807, 2.05) is 0 Å². The second-order valence-corrected chi connectivity index (χ2v) is 10.2. The molecule has 0 aromatic heterocycles. The number of sulfone groups is 1. The third kappa shape index (κ3) is 2.79. The normalized spacial score (nSPS) is 21.4. The summed E-state index contributed by atoms with van der Waals surface area (Å²) in [5, 5.41) is 0.532. The number of halogens is 2. The summed E-state index contributed by atoms with van der Waals surface area (Å²) in [5.41, 5.74) is 1.48. The number of carbonyl (C=O) groups is 2. The van der Waals surface area contributed by atoms with Gasteiger partial charge in [-0.15, -0.1) is 0 Å². The summed E-state index contributed by atoms with van der Waals surface area (Å²) < 4.78 is 40.5. The van der Waals surface area contributed by atoms with Gasteiger partial charge in [-0.2, -0.15) is 0 Å². The fourth-order valence-corrected chi connectivity index (χ4v) is 6.57. The van der Waals surface area contributed by atoms with Crippen molar-refractivity contribution in [3.63, 3.8) is 0 Å². The maximum Gasteiger partial charge on any atom is 0.274 e. The Bertz CT molecular complexity index is 1360. The number of benzene rings is 3. The summed E-state index contributed by atoms with van der Waals surface area (Å²) in [5.74, 6) is -2.85. The number of anilines is 2. The predicted octanol–water partition coefficient (Wildman–Crippen LogP) is 3.64. The summed E-state index contributed by atoms with van der Waals surface area (Å²) in [6, 6.07) is 18.2. The zero-order chi connectivity index (χ0) is 22.7. The van der Waals surface area contributed by atoms with Crippen LogP contribution in [0.3, 0.4) is 0 Å². The van der Waals surface area contributed by atoms with Crippen molar-refractivity contribution >= 4 is 44.6 Å². The molecule has 0 N–H and O–H groups in total. The highest BCUT2D eigenvalue weighted by molar-refractivity contribution is 7.94. The Morgan fingerprint density at radius 1 is 0.938 bits per heavy atom. The van der Waals surface area contributed by atoms with Crippen LogP contribution in [0.15, 0.2) is 72.8 Å². The van der Waals surface area contributed by atoms with Gasteiger partial charge in [0.15, 0.2) is 9.84 Å². The van der Waals surface area contributed by atoms with Crippen molar-refractivity contribution in [3.05, 3.63) is 94.8 Å². The molecule has 0 unspecified atom stereocenters. The van der Waals surface area contributed by atoms with Gasteiger partial charge < -0.3 is 4.90 Å². The maximum absolute atomic E-state index is 13.9. The highest BCUT2D eigenvalue weighted by atomic mass is 35.5. The molecule has 2 aliphatic rings. The zero-order valence-electron chi connectivity index (χ0n) is 16.5. The molecule has 1 atom stereocenters. The molecule has 6 nitrogen and oxygen atoms in total. The predicted molar refractivity (Wildman–Crippen MR) is 118 cm³/mol. The Balaban J connectivity index is 1.72. The minimum absolute atomic E-state index is 0.0930. The number of rotatable bonds is 3. The molecular weight excluding hydrogens is 455 g/mol. The van der Waals surface area contributed by atoms with Crippen molar-refractivity contribution in [2.24, 2.45) is 0 Å². The minimum atomic E-state index is -4.27. The molecule has 2 aliphatic heterocycles. The van der Waals surface area contributed by atoms with E-state index in [4.69, 9.17) is 11.6 Å². The lowest BCUT2D eigenvalue weighted by molar-refractivity contribution is -0.123. The monoisotopic (exact) mass is 470 g/mol. The van der Waals surface area contributed by atoms with Crippen LogP contribution in [0.4, 0.5) is 15.8 Å². The number of nitrogens with zero attached hydrogens (tertiary/aromatic N) is 2. The standard InChI is InChI=1S/C23H16ClFN2O4S/c24-16-7-5-15(6-8-16)13-26-20-4-2-1-3-19(20)23(22(26)29)27(21(28)14-32(23,30)31)18-11-9-17(25)10-12-18/h1-12H,13-14H2/t23-/m1/s1. The Hall–Kier alpha value is -3.23. The van der Waals surface area contributed by atoms with E-state index in [1.54, 1.807) is 48.5 Å². The van der Waals surface area contributed by atoms with E-state index in [2.05, 4.69) is 0 Å². The van der Waals surface area contributed by atoms with E-state index < -0.39 is 38.1 Å². The van der Waals surface area contributed by atoms with E-state index in [0.29, 0.717) is 10.7 Å². The largest absolute Gasteiger partial charge is 0.304 e. The quantitative estimate of drug-likeness (QED) is 0.585. The van der Waals surface area contributed by atoms with Gasteiger partial charge in [-0.3, -0.25) is 14.5 Å². The third-order valence-corrected chi connectivity index (χ3v) is 8.12. The molecule has 1 fully saturated rings. The second-order valence-electron chi connectivity index (χ2n) is 7.64. The van der Waals surface area contributed by atoms with Gasteiger partial charge in [-0.1, -0.05) is 41.9 Å². The van der Waals surface area contributed by atoms with Gasteiger partial charge in [0.2, 0.25) is 5.91 Å². The van der Waals surface area contributed by atoms with E-state index in [1.165, 1.54) is 17.0 Å². The molecule has 0 radical (unpaired) electrons. The number of para-hydroxylation sites is 1. The maximum atomic E-state index is 13.9. The molecule has 1 saturated heterocycles. The summed E-state index contributed by atoms with van der Waals surface area (Å²) in [7, 11) is -4.27. The highest BCUT2D eigenvalue weighted by Crippen LogP contribution is 2.52. The minimum Gasteiger partial charge on any atom is -0.304 e. The van der Waals surface area contributed by atoms with Crippen LogP contribution in [-0.4, -0.2) is 26.0 Å². The van der Waals surface area contributed by atoms with Crippen LogP contribution in [0.5, 0.6) is 0 Å². The number of carbonyl (C=O) groups excluding carboxylic acids is 2. The lowest BCUT2D eigenvalue weighted by Crippen LogP contribution is -2.54. The zero-order valence-corrected chi connectivity index (χ0v) is 18.1. The van der Waals surface area contributed by atoms with Gasteiger partial charge in [0.1, 0.15) is 11.6 Å². The lowest BCUT2D eigenvalue weighted by Gasteiger charge is -2.32. The van der Waals surface area contributed by atoms with Gasteiger partial charge >= 0.3 is 0 Å². The van der Waals surface area contributed by atoms with Gasteiger partial charge in [-0.05, 0) is 48.0 Å². The van der Waals surface area contributed by atoms with Gasteiger partial charge in [0, 0.05) is 16.3 Å². The third-order valence-electron chi connectivity index (χ3n) is 5.76. The first-order valence-electron chi connectivity index (χ1n) is 9.72. The first-order chi connectivity index (χ1) is 15.3. The first-order valence-corrected chi connectivity index (χ1v) is 11.8. The van der Waals surface area contributed by atoms with Crippen LogP contribution in [0.1, 0.15) is 11.1 Å². The van der Waals surface area contributed by atoms with Gasteiger partial charge in [-0.25, -0.2) is 12.8 Å². The fraction of sp³-hybridized carbons (Fsp3) is 0.130. The summed E-state index contributed by atoms with van der Waals surface area (Å²) in [6.45, 7) is 0.0930. The molecule has 0 saturated carbocycles. The van der Waals surface area contributed by atoms with Crippen LogP contribution in [0, 0.1) is 5.82 Å². The van der Waals surface area contributed by atoms with Crippen LogP contribution in [-0.2, 0) is 30.8 Å². The molecule has 9 heteroatoms. The van der Waals surface area contributed by atoms with Crippen LogP contribution in [0.25, 0.3) is 0 Å². The molecule has 1 spiro atoms. The number of amides is 2. The first kappa shape index (κ1) is 20.7. The SMILES string of the molecule is O=C1CS(=O)(=O)[C@]2(C(=O)N(Cc3ccc(Cl)cc3)c3ccccc32)N1c1ccc(F)cc1. The second kappa shape index (κ2) is 7.15. The number of hydrogen-bond donors (Lipinski definition) is 0. The van der Waals surface area contributed by atoms with E-state index in [-0.39, 0.29) is 17.8 Å². The van der Waals surface area contributed by atoms with Crippen molar-refractivity contribution in [3.8, 4) is 0 Å². The van der Waals surface area contributed by atoms with Crippen molar-refractivity contribution in [1.29, 1.82) is 0 Å². The van der Waals surface area contributed by atoms with Crippen LogP contribution in [0.2, 0.25) is 5.02 Å². The molecule has 3 aromatic rings. The van der Waals surface area contributed by atoms with Crippen LogP contribution >= 0.6 is 11.6 Å². The van der Waals surface area contributed by atoms with Gasteiger partial charge in [0.25, 0.3) is 10.8 Å². The van der Waals surface area contributed by atoms with Crippen LogP contribution < -0.4 is 9.80 Å². The Labute approximate surface area is 188 Å².